The molecule has 1 amide bonds. The second kappa shape index (κ2) is 15.6. The topological polar surface area (TPSA) is 20.3 Å². The molecule has 0 saturated carbocycles. The van der Waals surface area contributed by atoms with Crippen LogP contribution in [0.15, 0.2) is 12.7 Å². The van der Waals surface area contributed by atoms with E-state index in [0.29, 0.717) is 0 Å². The van der Waals surface area contributed by atoms with E-state index in [9.17, 15) is 4.79 Å². The number of allylic oxidation sites excluding steroid dienone is 1. The summed E-state index contributed by atoms with van der Waals surface area (Å²) < 4.78 is 0. The first-order valence-electron chi connectivity index (χ1n) is 7.56. The molecule has 0 aliphatic carbocycles. The summed E-state index contributed by atoms with van der Waals surface area (Å²) in [7, 11) is 1.91. The molecule has 0 fully saturated rings. The Morgan fingerprint density at radius 2 is 1.84 bits per heavy atom. The Kier molecular flexibility index (Phi) is 17.2. The molecule has 0 aliphatic rings. The standard InChI is InChI=1S/C14H27NOS.C2H6/c1-5-7-8-9-10-12-15(3)14(16)13(17-4)11-6-2;1-2/h6,13H,2,5,7-12H2,1,3-4H3;1-2H3. The fraction of sp³-hybridized carbons (Fsp3) is 0.812. The zero-order valence-electron chi connectivity index (χ0n) is 13.6. The van der Waals surface area contributed by atoms with E-state index in [1.54, 1.807) is 11.8 Å². The lowest BCUT2D eigenvalue weighted by Gasteiger charge is -2.21. The van der Waals surface area contributed by atoms with Crippen molar-refractivity contribution in [3.63, 3.8) is 0 Å². The van der Waals surface area contributed by atoms with Crippen LogP contribution >= 0.6 is 11.8 Å². The molecular weight excluding hydrogens is 254 g/mol. The van der Waals surface area contributed by atoms with Crippen LogP contribution in [0.1, 0.15) is 59.3 Å². The number of amides is 1. The Balaban J connectivity index is 0. The highest BCUT2D eigenvalue weighted by atomic mass is 32.2. The van der Waals surface area contributed by atoms with Crippen molar-refractivity contribution in [1.29, 1.82) is 0 Å². The summed E-state index contributed by atoms with van der Waals surface area (Å²) in [5.41, 5.74) is 0. The highest BCUT2D eigenvalue weighted by Gasteiger charge is 2.19. The summed E-state index contributed by atoms with van der Waals surface area (Å²) in [6.45, 7) is 10.8. The Morgan fingerprint density at radius 3 is 2.32 bits per heavy atom. The third-order valence-electron chi connectivity index (χ3n) is 2.91. The highest BCUT2D eigenvalue weighted by molar-refractivity contribution is 7.99. The molecule has 3 heteroatoms. The lowest BCUT2D eigenvalue weighted by Crippen LogP contribution is -2.35. The summed E-state index contributed by atoms with van der Waals surface area (Å²) >= 11 is 1.62. The van der Waals surface area contributed by atoms with E-state index < -0.39 is 0 Å². The number of hydrogen-bond donors (Lipinski definition) is 0. The van der Waals surface area contributed by atoms with Crippen LogP contribution in [0.2, 0.25) is 0 Å². The van der Waals surface area contributed by atoms with Gasteiger partial charge in [-0.2, -0.15) is 11.8 Å². The van der Waals surface area contributed by atoms with E-state index in [2.05, 4.69) is 13.5 Å². The van der Waals surface area contributed by atoms with Gasteiger partial charge in [0, 0.05) is 13.6 Å². The number of unbranched alkanes of at least 4 members (excludes halogenated alkanes) is 4. The zero-order valence-corrected chi connectivity index (χ0v) is 14.4. The molecule has 0 aromatic heterocycles. The maximum absolute atomic E-state index is 12.0. The van der Waals surface area contributed by atoms with Gasteiger partial charge in [0.05, 0.1) is 5.25 Å². The van der Waals surface area contributed by atoms with E-state index in [-0.39, 0.29) is 11.2 Å². The first-order chi connectivity index (χ1) is 9.17. The quantitative estimate of drug-likeness (QED) is 0.427. The van der Waals surface area contributed by atoms with Crippen LogP contribution in [0, 0.1) is 0 Å². The van der Waals surface area contributed by atoms with Crippen LogP contribution < -0.4 is 0 Å². The Labute approximate surface area is 125 Å². The fourth-order valence-corrected chi connectivity index (χ4v) is 2.47. The number of nitrogens with zero attached hydrogens (tertiary/aromatic N) is 1. The zero-order chi connectivity index (χ0) is 15.1. The van der Waals surface area contributed by atoms with Crippen LogP contribution in [0.25, 0.3) is 0 Å². The van der Waals surface area contributed by atoms with Gasteiger partial charge in [0.2, 0.25) is 5.91 Å². The normalized spacial score (nSPS) is 11.2. The highest BCUT2D eigenvalue weighted by Crippen LogP contribution is 2.14. The Hall–Kier alpha value is -0.440. The minimum atomic E-state index is 0.0492. The number of carbonyl (C=O) groups is 1. The largest absolute Gasteiger partial charge is 0.345 e. The summed E-state index contributed by atoms with van der Waals surface area (Å²) in [6, 6.07) is 0. The monoisotopic (exact) mass is 287 g/mol. The van der Waals surface area contributed by atoms with Gasteiger partial charge >= 0.3 is 0 Å². The van der Waals surface area contributed by atoms with Crippen molar-refractivity contribution in [2.24, 2.45) is 0 Å². The molecule has 0 N–H and O–H groups in total. The molecule has 1 atom stereocenters. The van der Waals surface area contributed by atoms with Gasteiger partial charge in [-0.05, 0) is 19.1 Å². The maximum atomic E-state index is 12.0. The first kappa shape index (κ1) is 20.9. The second-order valence-corrected chi connectivity index (χ2v) is 5.46. The van der Waals surface area contributed by atoms with Gasteiger partial charge in [0.15, 0.2) is 0 Å². The lowest BCUT2D eigenvalue weighted by atomic mass is 10.1. The number of hydrogen-bond acceptors (Lipinski definition) is 2. The van der Waals surface area contributed by atoms with E-state index in [1.165, 1.54) is 25.7 Å². The Morgan fingerprint density at radius 1 is 1.26 bits per heavy atom. The third-order valence-corrected chi connectivity index (χ3v) is 3.88. The van der Waals surface area contributed by atoms with Gasteiger partial charge in [0.25, 0.3) is 0 Å². The fourth-order valence-electron chi connectivity index (χ4n) is 1.76. The van der Waals surface area contributed by atoms with E-state index in [4.69, 9.17) is 0 Å². The van der Waals surface area contributed by atoms with Crippen molar-refractivity contribution in [3.05, 3.63) is 12.7 Å². The molecule has 0 aromatic rings. The molecule has 0 rings (SSSR count). The van der Waals surface area contributed by atoms with Crippen molar-refractivity contribution in [3.8, 4) is 0 Å². The third kappa shape index (κ3) is 11.1. The molecule has 2 nitrogen and oxygen atoms in total. The number of carbonyl (C=O) groups excluding carboxylic acids is 1. The first-order valence-corrected chi connectivity index (χ1v) is 8.84. The average molecular weight is 288 g/mol. The van der Waals surface area contributed by atoms with Crippen LogP contribution in [0.4, 0.5) is 0 Å². The Bertz CT molecular complexity index is 219. The molecule has 0 bridgehead atoms. The van der Waals surface area contributed by atoms with E-state index in [1.807, 2.05) is 38.1 Å². The summed E-state index contributed by atoms with van der Waals surface area (Å²) in [5.74, 6) is 0.243. The van der Waals surface area contributed by atoms with Gasteiger partial charge < -0.3 is 4.90 Å². The number of rotatable bonds is 10. The smallest absolute Gasteiger partial charge is 0.235 e. The van der Waals surface area contributed by atoms with Gasteiger partial charge in [-0.15, -0.1) is 6.58 Å². The molecule has 0 aromatic carbocycles. The van der Waals surface area contributed by atoms with Crippen LogP contribution in [0.3, 0.4) is 0 Å². The number of thioether (sulfide) groups is 1. The minimum Gasteiger partial charge on any atom is -0.345 e. The molecule has 1 unspecified atom stereocenters. The molecule has 114 valence electrons. The van der Waals surface area contributed by atoms with Crippen molar-refractivity contribution in [1.82, 2.24) is 4.90 Å². The average Bonchev–Trinajstić information content (AvgIpc) is 2.45. The van der Waals surface area contributed by atoms with Gasteiger partial charge in [-0.1, -0.05) is 52.5 Å². The molecule has 0 radical (unpaired) electrons. The summed E-state index contributed by atoms with van der Waals surface area (Å²) in [6.07, 6.45) is 10.8. The van der Waals surface area contributed by atoms with Gasteiger partial charge in [-0.3, -0.25) is 4.79 Å². The molecule has 0 aliphatic heterocycles. The van der Waals surface area contributed by atoms with Gasteiger partial charge in [-0.25, -0.2) is 0 Å². The lowest BCUT2D eigenvalue weighted by molar-refractivity contribution is -0.129. The van der Waals surface area contributed by atoms with Crippen LogP contribution in [-0.4, -0.2) is 35.9 Å². The van der Waals surface area contributed by atoms with Crippen molar-refractivity contribution in [2.75, 3.05) is 19.8 Å². The van der Waals surface area contributed by atoms with Crippen LogP contribution in [0.5, 0.6) is 0 Å². The summed E-state index contributed by atoms with van der Waals surface area (Å²) in [4.78, 5) is 13.9. The predicted octanol–water partition coefficient (Wildman–Crippen LogP) is 4.75. The summed E-state index contributed by atoms with van der Waals surface area (Å²) in [5, 5.41) is 0.0492. The molecule has 0 heterocycles. The van der Waals surface area contributed by atoms with Crippen molar-refractivity contribution >= 4 is 17.7 Å². The SMILES string of the molecule is C=CCC(SC)C(=O)N(C)CCCCCCC.CC. The molecular formula is C16H33NOS. The molecule has 0 saturated heterocycles. The predicted molar refractivity (Wildman–Crippen MR) is 89.9 cm³/mol. The van der Waals surface area contributed by atoms with E-state index >= 15 is 0 Å². The second-order valence-electron chi connectivity index (χ2n) is 4.42. The van der Waals surface area contributed by atoms with Crippen molar-refractivity contribution < 1.29 is 4.79 Å². The van der Waals surface area contributed by atoms with Crippen molar-refractivity contribution in [2.45, 2.75) is 64.5 Å². The minimum absolute atomic E-state index is 0.0492. The van der Waals surface area contributed by atoms with Gasteiger partial charge in [0.1, 0.15) is 0 Å². The van der Waals surface area contributed by atoms with E-state index in [0.717, 1.165) is 19.4 Å². The molecule has 19 heavy (non-hydrogen) atoms. The van der Waals surface area contributed by atoms with Crippen LogP contribution in [-0.2, 0) is 4.79 Å². The molecule has 0 spiro atoms. The maximum Gasteiger partial charge on any atom is 0.235 e.